The first-order valence-corrected chi connectivity index (χ1v) is 20.3. The Balaban J connectivity index is 0.000000232. The summed E-state index contributed by atoms with van der Waals surface area (Å²) in [7, 11) is 0. The van der Waals surface area contributed by atoms with Crippen molar-refractivity contribution in [3.8, 4) is 0 Å². The van der Waals surface area contributed by atoms with Crippen molar-refractivity contribution in [3.63, 3.8) is 0 Å². The quantitative estimate of drug-likeness (QED) is 0.127. The van der Waals surface area contributed by atoms with Gasteiger partial charge in [-0.1, -0.05) is 13.8 Å². The van der Waals surface area contributed by atoms with Crippen molar-refractivity contribution in [2.24, 2.45) is 11.8 Å². The molecule has 4 atom stereocenters. The van der Waals surface area contributed by atoms with Crippen LogP contribution in [0.1, 0.15) is 71.6 Å². The SMILES string of the molecule is C[C@@H](CC(=O)c1ccc2c(n1)N[C@H]1CCN2C1)C(F)(F)F.Cc1ccnc(N)c1.Cc1ccnc(NC(=O)N2c3nc(C(=O)C[C@H](C)C(F)(F)F)ccc3N3CC[C@H]2C3)c1.O=C=O.O=C=O. The molecule has 0 spiro atoms. The summed E-state index contributed by atoms with van der Waals surface area (Å²) in [6.07, 6.45) is -4.56. The highest BCUT2D eigenvalue weighted by atomic mass is 19.4. The van der Waals surface area contributed by atoms with E-state index in [1.54, 1.807) is 30.6 Å². The maximum atomic E-state index is 13.1. The maximum absolute atomic E-state index is 13.1. The van der Waals surface area contributed by atoms with E-state index in [4.69, 9.17) is 24.9 Å². The summed E-state index contributed by atoms with van der Waals surface area (Å²) < 4.78 is 76.2. The Morgan fingerprint density at radius 3 is 1.80 bits per heavy atom. The van der Waals surface area contributed by atoms with E-state index in [2.05, 4.69) is 40.4 Å². The summed E-state index contributed by atoms with van der Waals surface area (Å²) in [5.74, 6) is -2.85. The predicted molar refractivity (Wildman–Crippen MR) is 226 cm³/mol. The molecule has 23 heteroatoms. The summed E-state index contributed by atoms with van der Waals surface area (Å²) in [5.41, 5.74) is 9.05. The number of nitrogens with zero attached hydrogens (tertiary/aromatic N) is 7. The standard InChI is InChI=1S/C21H22F3N5O2.C14H16F3N3O.C6H8N2.2CO2/c1-12-5-7-25-18(9-12)27-20(31)29-14-6-8-28(11-14)16-4-3-15(26-19(16)29)17(30)10-13(2)21(22,23)24;1-8(14(15,16)17)6-12(21)10-2-3-11-13(19-10)18-9-4-5-20(11)7-9;1-5-2-3-8-6(7)4-5;2*2-1-3/h3-5,7,9,13-14H,6,8,10-11H2,1-2H3,(H,25,27,31);2-3,8-9H,4-7H2,1H3,(H,18,19);2-4H,1H3,(H2,7,8);;/t13-,14-;8-,9-;;;/m00.../s1. The van der Waals surface area contributed by atoms with Crippen LogP contribution in [0.15, 0.2) is 60.9 Å². The number of aromatic nitrogens is 4. The maximum Gasteiger partial charge on any atom is 0.391 e. The van der Waals surface area contributed by atoms with Gasteiger partial charge in [0.25, 0.3) is 0 Å². The molecule has 4 N–H and O–H groups in total. The zero-order chi connectivity index (χ0) is 48.9. The molecule has 8 heterocycles. The van der Waals surface area contributed by atoms with E-state index in [1.807, 2.05) is 32.0 Å². The number of halogens is 6. The van der Waals surface area contributed by atoms with Gasteiger partial charge < -0.3 is 20.9 Å². The number of hydrogen-bond donors (Lipinski definition) is 3. The third-order valence-corrected chi connectivity index (χ3v) is 10.7. The highest BCUT2D eigenvalue weighted by molar-refractivity contribution is 6.05. The minimum atomic E-state index is -4.46. The van der Waals surface area contributed by atoms with Crippen molar-refractivity contribution in [1.29, 1.82) is 0 Å². The molecule has 0 aliphatic carbocycles. The van der Waals surface area contributed by atoms with Gasteiger partial charge in [0.15, 0.2) is 23.2 Å². The van der Waals surface area contributed by atoms with Crippen molar-refractivity contribution < 1.29 is 59.9 Å². The number of nitrogens with one attached hydrogen (secondary N) is 2. The van der Waals surface area contributed by atoms with Gasteiger partial charge in [0.05, 0.1) is 29.3 Å². The Morgan fingerprint density at radius 2 is 1.27 bits per heavy atom. The number of anilines is 6. The summed E-state index contributed by atoms with van der Waals surface area (Å²) in [6, 6.07) is 13.4. The van der Waals surface area contributed by atoms with E-state index in [9.17, 15) is 40.7 Å². The van der Waals surface area contributed by atoms with Crippen molar-refractivity contribution in [1.82, 2.24) is 19.9 Å². The average molecular weight is 929 g/mol. The second-order valence-electron chi connectivity index (χ2n) is 15.7. The zero-order valence-corrected chi connectivity index (χ0v) is 36.1. The molecule has 4 aromatic rings. The third-order valence-electron chi connectivity index (χ3n) is 10.7. The van der Waals surface area contributed by atoms with Crippen LogP contribution in [-0.4, -0.2) is 100 Å². The molecular formula is C43H46F6N10O7. The molecule has 4 aromatic heterocycles. The summed E-state index contributed by atoms with van der Waals surface area (Å²) >= 11 is 0. The van der Waals surface area contributed by atoms with Crippen molar-refractivity contribution in [2.45, 2.75) is 77.8 Å². The molecule has 0 unspecified atom stereocenters. The highest BCUT2D eigenvalue weighted by Crippen LogP contribution is 2.40. The Morgan fingerprint density at radius 1 is 0.758 bits per heavy atom. The number of alkyl halides is 6. The first-order valence-electron chi connectivity index (χ1n) is 20.3. The van der Waals surface area contributed by atoms with Crippen LogP contribution in [0.5, 0.6) is 0 Å². The number of nitrogen functional groups attached to an aromatic ring is 1. The normalized spacial score (nSPS) is 17.0. The second-order valence-corrected chi connectivity index (χ2v) is 15.7. The first kappa shape index (κ1) is 51.4. The molecule has 352 valence electrons. The Bertz CT molecular complexity index is 2400. The lowest BCUT2D eigenvalue weighted by atomic mass is 10.0. The number of rotatable bonds is 7. The lowest BCUT2D eigenvalue weighted by molar-refractivity contribution is -0.193. The number of fused-ring (bicyclic) bond motifs is 8. The molecule has 4 aliphatic heterocycles. The summed E-state index contributed by atoms with van der Waals surface area (Å²) in [5, 5.41) is 6.00. The predicted octanol–water partition coefficient (Wildman–Crippen LogP) is 6.85. The fourth-order valence-electron chi connectivity index (χ4n) is 7.22. The summed E-state index contributed by atoms with van der Waals surface area (Å²) in [6.45, 7) is 9.04. The van der Waals surface area contributed by atoms with Gasteiger partial charge in [-0.15, -0.1) is 0 Å². The molecule has 17 nitrogen and oxygen atoms in total. The number of hydrogen-bond acceptors (Lipinski definition) is 15. The van der Waals surface area contributed by atoms with Gasteiger partial charge in [-0.2, -0.15) is 45.5 Å². The van der Waals surface area contributed by atoms with Crippen LogP contribution < -0.4 is 31.1 Å². The van der Waals surface area contributed by atoms with Crippen LogP contribution in [0.4, 0.5) is 65.8 Å². The number of pyridine rings is 4. The number of Topliss-reactive ketones (excluding diaryl/α,β-unsaturated/α-hetero) is 2. The van der Waals surface area contributed by atoms with Gasteiger partial charge in [-0.05, 0) is 86.3 Å². The van der Waals surface area contributed by atoms with Crippen molar-refractivity contribution >= 4 is 64.5 Å². The molecule has 8 rings (SSSR count). The van der Waals surface area contributed by atoms with Gasteiger partial charge in [-0.25, -0.2) is 24.7 Å². The number of urea groups is 1. The third kappa shape index (κ3) is 13.9. The minimum Gasteiger partial charge on any atom is -0.384 e. The van der Waals surface area contributed by atoms with Crippen LogP contribution in [0, 0.1) is 25.7 Å². The van der Waals surface area contributed by atoms with E-state index >= 15 is 0 Å². The molecule has 0 radical (unpaired) electrons. The van der Waals surface area contributed by atoms with Gasteiger partial charge in [0.1, 0.15) is 23.0 Å². The minimum absolute atomic E-state index is 0.0798. The largest absolute Gasteiger partial charge is 0.391 e. The van der Waals surface area contributed by atoms with Crippen LogP contribution in [0.3, 0.4) is 0 Å². The van der Waals surface area contributed by atoms with E-state index < -0.39 is 54.6 Å². The van der Waals surface area contributed by atoms with E-state index in [1.165, 1.54) is 17.0 Å². The molecular weight excluding hydrogens is 883 g/mol. The van der Waals surface area contributed by atoms with E-state index in [0.717, 1.165) is 63.1 Å². The Kier molecular flexibility index (Phi) is 17.6. The lowest BCUT2D eigenvalue weighted by Gasteiger charge is -2.35. The number of carbonyl (C=O) groups is 3. The molecule has 0 saturated carbocycles. The smallest absolute Gasteiger partial charge is 0.384 e. The number of nitrogens with two attached hydrogens (primary N) is 1. The molecule has 66 heavy (non-hydrogen) atoms. The van der Waals surface area contributed by atoms with Crippen LogP contribution >= 0.6 is 0 Å². The Hall–Kier alpha value is -7.25. The average Bonchev–Trinajstić information content (AvgIpc) is 3.84. The van der Waals surface area contributed by atoms with E-state index in [0.29, 0.717) is 35.7 Å². The molecule has 2 amide bonds. The molecule has 4 bridgehead atoms. The van der Waals surface area contributed by atoms with Crippen LogP contribution in [0.25, 0.3) is 0 Å². The molecule has 2 fully saturated rings. The van der Waals surface area contributed by atoms with Gasteiger partial charge in [0, 0.05) is 57.5 Å². The number of amides is 2. The number of ketones is 2. The van der Waals surface area contributed by atoms with E-state index in [-0.39, 0.29) is 35.6 Å². The van der Waals surface area contributed by atoms with Crippen molar-refractivity contribution in [2.75, 3.05) is 57.2 Å². The monoisotopic (exact) mass is 928 g/mol. The topological polar surface area (TPSA) is 231 Å². The zero-order valence-electron chi connectivity index (χ0n) is 36.1. The first-order chi connectivity index (χ1) is 31.1. The summed E-state index contributed by atoms with van der Waals surface area (Å²) in [4.78, 5) is 92.3. The highest BCUT2D eigenvalue weighted by Gasteiger charge is 2.42. The molecule has 4 aliphatic rings. The number of aryl methyl sites for hydroxylation is 2. The van der Waals surface area contributed by atoms with Crippen LogP contribution in [-0.2, 0) is 19.2 Å². The fourth-order valence-corrected chi connectivity index (χ4v) is 7.22. The lowest BCUT2D eigenvalue weighted by Crippen LogP contribution is -2.48. The second kappa shape index (κ2) is 22.6. The van der Waals surface area contributed by atoms with Crippen LogP contribution in [0.2, 0.25) is 0 Å². The van der Waals surface area contributed by atoms with Gasteiger partial charge in [-0.3, -0.25) is 19.8 Å². The van der Waals surface area contributed by atoms with Gasteiger partial charge >= 0.3 is 30.7 Å². The van der Waals surface area contributed by atoms with Gasteiger partial charge in [0.2, 0.25) is 0 Å². The molecule has 0 aromatic carbocycles. The number of carbonyl (C=O) groups excluding carboxylic acids is 7. The van der Waals surface area contributed by atoms with Crippen molar-refractivity contribution in [3.05, 3.63) is 83.4 Å². The molecule has 2 saturated heterocycles. The fraction of sp³-hybridized carbons (Fsp3) is 0.419. The Labute approximate surface area is 374 Å².